The van der Waals surface area contributed by atoms with E-state index < -0.39 is 0 Å². The average Bonchev–Trinajstić information content (AvgIpc) is 2.89. The zero-order valence-electron chi connectivity index (χ0n) is 7.67. The number of carbonyl (C=O) groups excluding carboxylic acids is 1. The molecule has 0 aliphatic heterocycles. The first-order chi connectivity index (χ1) is 5.92. The van der Waals surface area contributed by atoms with E-state index in [1.165, 1.54) is 51.2 Å². The monoisotopic (exact) mass is 166 g/mol. The molecule has 0 N–H and O–H groups in total. The molecular formula is C11H18O. The van der Waals surface area contributed by atoms with E-state index in [9.17, 15) is 4.79 Å². The van der Waals surface area contributed by atoms with Crippen molar-refractivity contribution in [2.45, 2.75) is 44.9 Å². The predicted octanol–water partition coefficient (Wildman–Crippen LogP) is 2.79. The van der Waals surface area contributed by atoms with Gasteiger partial charge in [0.25, 0.3) is 0 Å². The van der Waals surface area contributed by atoms with Crippen LogP contribution in [0.5, 0.6) is 0 Å². The summed E-state index contributed by atoms with van der Waals surface area (Å²) in [6.45, 7) is 0. The van der Waals surface area contributed by atoms with Crippen LogP contribution in [0.3, 0.4) is 0 Å². The molecule has 0 spiro atoms. The van der Waals surface area contributed by atoms with Gasteiger partial charge in [0.15, 0.2) is 0 Å². The van der Waals surface area contributed by atoms with Gasteiger partial charge in [0.2, 0.25) is 0 Å². The topological polar surface area (TPSA) is 17.1 Å². The van der Waals surface area contributed by atoms with Gasteiger partial charge < -0.3 is 4.79 Å². The number of carbonyl (C=O) groups is 1. The fourth-order valence-electron chi connectivity index (χ4n) is 2.67. The zero-order valence-corrected chi connectivity index (χ0v) is 7.67. The highest BCUT2D eigenvalue weighted by molar-refractivity contribution is 5.58. The largest absolute Gasteiger partial charge is 0.303 e. The van der Waals surface area contributed by atoms with Gasteiger partial charge in [-0.2, -0.15) is 0 Å². The van der Waals surface area contributed by atoms with Crippen LogP contribution in [0, 0.1) is 17.8 Å². The van der Waals surface area contributed by atoms with Gasteiger partial charge in [-0.25, -0.2) is 0 Å². The van der Waals surface area contributed by atoms with Crippen LogP contribution in [-0.4, -0.2) is 6.29 Å². The Kier molecular flexibility index (Phi) is 2.48. The van der Waals surface area contributed by atoms with Crippen LogP contribution < -0.4 is 0 Å². The van der Waals surface area contributed by atoms with Gasteiger partial charge >= 0.3 is 0 Å². The van der Waals surface area contributed by atoms with Crippen molar-refractivity contribution >= 4 is 6.29 Å². The summed E-state index contributed by atoms with van der Waals surface area (Å²) in [5.41, 5.74) is 0. The van der Waals surface area contributed by atoms with Crippen molar-refractivity contribution in [3.8, 4) is 0 Å². The third kappa shape index (κ3) is 1.70. The minimum atomic E-state index is 0.452. The first kappa shape index (κ1) is 8.28. The van der Waals surface area contributed by atoms with Crippen LogP contribution in [0.1, 0.15) is 44.9 Å². The molecule has 1 heteroatoms. The van der Waals surface area contributed by atoms with Gasteiger partial charge in [-0.15, -0.1) is 0 Å². The van der Waals surface area contributed by atoms with E-state index in [-0.39, 0.29) is 0 Å². The Morgan fingerprint density at radius 2 is 1.67 bits per heavy atom. The van der Waals surface area contributed by atoms with Crippen LogP contribution >= 0.6 is 0 Å². The lowest BCUT2D eigenvalue weighted by Crippen LogP contribution is -2.03. The average molecular weight is 166 g/mol. The lowest BCUT2D eigenvalue weighted by Gasteiger charge is -2.11. The summed E-state index contributed by atoms with van der Waals surface area (Å²) in [6, 6.07) is 0. The third-order valence-electron chi connectivity index (χ3n) is 3.57. The lowest BCUT2D eigenvalue weighted by atomic mass is 9.94. The summed E-state index contributed by atoms with van der Waals surface area (Å²) in [5.74, 6) is 2.15. The molecule has 2 unspecified atom stereocenters. The number of hydrogen-bond donors (Lipinski definition) is 0. The normalized spacial score (nSPS) is 37.3. The first-order valence-electron chi connectivity index (χ1n) is 5.37. The van der Waals surface area contributed by atoms with Crippen LogP contribution in [0.4, 0.5) is 0 Å². The van der Waals surface area contributed by atoms with Crippen molar-refractivity contribution in [3.05, 3.63) is 0 Å². The summed E-state index contributed by atoms with van der Waals surface area (Å²) >= 11 is 0. The minimum absolute atomic E-state index is 0.452. The van der Waals surface area contributed by atoms with Crippen LogP contribution in [0.25, 0.3) is 0 Å². The maximum Gasteiger partial charge on any atom is 0.123 e. The Morgan fingerprint density at radius 3 is 2.17 bits per heavy atom. The highest BCUT2D eigenvalue weighted by Crippen LogP contribution is 2.47. The number of rotatable bonds is 2. The second-order valence-electron chi connectivity index (χ2n) is 4.45. The van der Waals surface area contributed by atoms with Crippen LogP contribution in [-0.2, 0) is 4.79 Å². The summed E-state index contributed by atoms with van der Waals surface area (Å²) in [6.07, 6.45) is 10.8. The molecule has 2 aliphatic carbocycles. The summed E-state index contributed by atoms with van der Waals surface area (Å²) < 4.78 is 0. The van der Waals surface area contributed by atoms with Crippen molar-refractivity contribution in [1.29, 1.82) is 0 Å². The molecule has 1 nitrogen and oxygen atoms in total. The van der Waals surface area contributed by atoms with Crippen molar-refractivity contribution in [3.63, 3.8) is 0 Å². The van der Waals surface area contributed by atoms with E-state index in [1.807, 2.05) is 0 Å². The Bertz CT molecular complexity index is 156. The molecule has 2 rings (SSSR count). The second kappa shape index (κ2) is 3.59. The fourth-order valence-corrected chi connectivity index (χ4v) is 2.67. The van der Waals surface area contributed by atoms with Crippen LogP contribution in [0.15, 0.2) is 0 Å². The van der Waals surface area contributed by atoms with Gasteiger partial charge in [0, 0.05) is 5.92 Å². The SMILES string of the molecule is O=CC1CC1C1CCCCCC1. The Hall–Kier alpha value is -0.330. The molecule has 68 valence electrons. The van der Waals surface area contributed by atoms with Gasteiger partial charge in [-0.1, -0.05) is 38.5 Å². The third-order valence-corrected chi connectivity index (χ3v) is 3.57. The van der Waals surface area contributed by atoms with E-state index in [4.69, 9.17) is 0 Å². The van der Waals surface area contributed by atoms with E-state index in [0.717, 1.165) is 11.8 Å². The van der Waals surface area contributed by atoms with Crippen LogP contribution in [0.2, 0.25) is 0 Å². The Morgan fingerprint density at radius 1 is 1.00 bits per heavy atom. The minimum Gasteiger partial charge on any atom is -0.303 e. The van der Waals surface area contributed by atoms with E-state index in [0.29, 0.717) is 5.92 Å². The number of hydrogen-bond acceptors (Lipinski definition) is 1. The van der Waals surface area contributed by atoms with Gasteiger partial charge in [0.05, 0.1) is 0 Å². The van der Waals surface area contributed by atoms with Crippen molar-refractivity contribution < 1.29 is 4.79 Å². The molecule has 0 saturated heterocycles. The molecule has 0 radical (unpaired) electrons. The molecule has 0 bridgehead atoms. The molecular weight excluding hydrogens is 148 g/mol. The van der Waals surface area contributed by atoms with E-state index >= 15 is 0 Å². The highest BCUT2D eigenvalue weighted by atomic mass is 16.1. The molecule has 0 heterocycles. The second-order valence-corrected chi connectivity index (χ2v) is 4.45. The van der Waals surface area contributed by atoms with Gasteiger partial charge in [0.1, 0.15) is 6.29 Å². The van der Waals surface area contributed by atoms with Crippen molar-refractivity contribution in [2.75, 3.05) is 0 Å². The molecule has 2 saturated carbocycles. The number of aldehydes is 1. The standard InChI is InChI=1S/C11H18O/c12-8-10-7-11(10)9-5-3-1-2-4-6-9/h8-11H,1-7H2. The zero-order chi connectivity index (χ0) is 8.39. The van der Waals surface area contributed by atoms with Crippen molar-refractivity contribution in [2.24, 2.45) is 17.8 Å². The summed E-state index contributed by atoms with van der Waals surface area (Å²) in [7, 11) is 0. The fraction of sp³-hybridized carbons (Fsp3) is 0.909. The van der Waals surface area contributed by atoms with E-state index in [1.54, 1.807) is 0 Å². The quantitative estimate of drug-likeness (QED) is 0.455. The molecule has 2 atom stereocenters. The molecule has 0 aromatic carbocycles. The Labute approximate surface area is 74.5 Å². The van der Waals surface area contributed by atoms with Gasteiger partial charge in [-0.3, -0.25) is 0 Å². The maximum atomic E-state index is 10.5. The molecule has 0 amide bonds. The molecule has 12 heavy (non-hydrogen) atoms. The van der Waals surface area contributed by atoms with Gasteiger partial charge in [-0.05, 0) is 18.3 Å². The predicted molar refractivity (Wildman–Crippen MR) is 48.9 cm³/mol. The van der Waals surface area contributed by atoms with Crippen molar-refractivity contribution in [1.82, 2.24) is 0 Å². The smallest absolute Gasteiger partial charge is 0.123 e. The summed E-state index contributed by atoms with van der Waals surface area (Å²) in [4.78, 5) is 10.5. The summed E-state index contributed by atoms with van der Waals surface area (Å²) in [5, 5.41) is 0. The highest BCUT2D eigenvalue weighted by Gasteiger charge is 2.42. The Balaban J connectivity index is 1.82. The molecule has 2 fully saturated rings. The maximum absolute atomic E-state index is 10.5. The van der Waals surface area contributed by atoms with E-state index in [2.05, 4.69) is 0 Å². The lowest BCUT2D eigenvalue weighted by molar-refractivity contribution is -0.109. The molecule has 0 aromatic rings. The molecule has 2 aliphatic rings. The first-order valence-corrected chi connectivity index (χ1v) is 5.37. The molecule has 0 aromatic heterocycles.